The minimum Gasteiger partial charge on any atom is -0.462 e. The summed E-state index contributed by atoms with van der Waals surface area (Å²) < 4.78 is 5.37. The third-order valence-corrected chi connectivity index (χ3v) is 5.79. The summed E-state index contributed by atoms with van der Waals surface area (Å²) in [6.45, 7) is 4.17. The van der Waals surface area contributed by atoms with Gasteiger partial charge >= 0.3 is 0 Å². The minimum absolute atomic E-state index is 0.0647. The molecule has 1 aromatic carbocycles. The fourth-order valence-corrected chi connectivity index (χ4v) is 4.34. The molecule has 0 aliphatic rings. The molecule has 0 radical (unpaired) electrons. The molecule has 0 bridgehead atoms. The molecule has 3 aromatic heterocycles. The molecular formula is C21H17N3O2S2. The van der Waals surface area contributed by atoms with Gasteiger partial charge in [0.15, 0.2) is 15.9 Å². The molecule has 0 atom stereocenters. The van der Waals surface area contributed by atoms with Crippen LogP contribution in [0.5, 0.6) is 0 Å². The second-order valence-electron chi connectivity index (χ2n) is 5.97. The van der Waals surface area contributed by atoms with Gasteiger partial charge in [-0.3, -0.25) is 9.69 Å². The smallest absolute Gasteiger partial charge is 0.235 e. The van der Waals surface area contributed by atoms with Crippen LogP contribution >= 0.6 is 22.7 Å². The van der Waals surface area contributed by atoms with Crippen LogP contribution in [-0.2, 0) is 11.2 Å². The lowest BCUT2D eigenvalue weighted by Gasteiger charge is -2.17. The number of furan rings is 1. The van der Waals surface area contributed by atoms with Crippen LogP contribution in [-0.4, -0.2) is 22.4 Å². The fraction of sp³-hybridized carbons (Fsp3) is 0.0952. The molecule has 0 N–H and O–H groups in total. The van der Waals surface area contributed by atoms with Crippen molar-refractivity contribution >= 4 is 33.7 Å². The van der Waals surface area contributed by atoms with Crippen LogP contribution in [0.4, 0.5) is 5.13 Å². The maximum absolute atomic E-state index is 12.9. The zero-order valence-electron chi connectivity index (χ0n) is 14.9. The van der Waals surface area contributed by atoms with Crippen molar-refractivity contribution in [1.82, 2.24) is 9.97 Å². The first kappa shape index (κ1) is 18.3. The van der Waals surface area contributed by atoms with Crippen molar-refractivity contribution in [3.8, 4) is 22.0 Å². The van der Waals surface area contributed by atoms with Crippen molar-refractivity contribution in [2.24, 2.45) is 0 Å². The minimum atomic E-state index is -0.0647. The molecule has 0 saturated heterocycles. The second-order valence-corrected chi connectivity index (χ2v) is 7.67. The van der Waals surface area contributed by atoms with Crippen molar-refractivity contribution in [1.29, 1.82) is 0 Å². The number of carbonyl (C=O) groups excluding carboxylic acids is 1. The predicted octanol–water partition coefficient (Wildman–Crippen LogP) is 5.29. The number of thiazole rings is 2. The maximum Gasteiger partial charge on any atom is 0.235 e. The average molecular weight is 408 g/mol. The number of nitrogens with zero attached hydrogens (tertiary/aromatic N) is 3. The molecule has 0 aliphatic carbocycles. The standard InChI is InChI=1S/C21H17N3O2S2/c1-2-10-24(21-23-17(14-28-21)15-7-4-3-5-8-15)19(25)12-16-13-27-20(22-16)18-9-6-11-26-18/h2-9,11,13-14H,1,10,12H2. The van der Waals surface area contributed by atoms with E-state index < -0.39 is 0 Å². The van der Waals surface area contributed by atoms with Crippen molar-refractivity contribution in [3.05, 3.63) is 77.8 Å². The molecule has 0 unspecified atom stereocenters. The lowest BCUT2D eigenvalue weighted by atomic mass is 10.2. The number of benzene rings is 1. The van der Waals surface area contributed by atoms with E-state index >= 15 is 0 Å². The summed E-state index contributed by atoms with van der Waals surface area (Å²) in [5.41, 5.74) is 2.60. The van der Waals surface area contributed by atoms with Gasteiger partial charge in [0, 0.05) is 22.9 Å². The molecule has 140 valence electrons. The van der Waals surface area contributed by atoms with Gasteiger partial charge < -0.3 is 4.42 Å². The summed E-state index contributed by atoms with van der Waals surface area (Å²) in [7, 11) is 0. The Hall–Kier alpha value is -3.03. The molecule has 4 rings (SSSR count). The summed E-state index contributed by atoms with van der Waals surface area (Å²) in [5, 5.41) is 5.28. The molecule has 5 nitrogen and oxygen atoms in total. The highest BCUT2D eigenvalue weighted by Crippen LogP contribution is 2.28. The lowest BCUT2D eigenvalue weighted by Crippen LogP contribution is -2.32. The number of carbonyl (C=O) groups is 1. The summed E-state index contributed by atoms with van der Waals surface area (Å²) in [6.07, 6.45) is 3.52. The van der Waals surface area contributed by atoms with Crippen LogP contribution in [0, 0.1) is 0 Å². The van der Waals surface area contributed by atoms with Gasteiger partial charge in [-0.25, -0.2) is 9.97 Å². The van der Waals surface area contributed by atoms with Gasteiger partial charge in [0.05, 0.1) is 24.1 Å². The van der Waals surface area contributed by atoms with Crippen molar-refractivity contribution in [2.75, 3.05) is 11.4 Å². The summed E-state index contributed by atoms with van der Waals surface area (Å²) in [6, 6.07) is 13.6. The maximum atomic E-state index is 12.9. The van der Waals surface area contributed by atoms with Crippen molar-refractivity contribution in [2.45, 2.75) is 6.42 Å². The molecule has 4 aromatic rings. The van der Waals surface area contributed by atoms with Crippen molar-refractivity contribution in [3.63, 3.8) is 0 Å². The average Bonchev–Trinajstić information content (AvgIpc) is 3.47. The molecule has 7 heteroatoms. The van der Waals surface area contributed by atoms with Gasteiger partial charge in [-0.2, -0.15) is 0 Å². The first-order chi connectivity index (χ1) is 13.7. The molecule has 0 saturated carbocycles. The van der Waals surface area contributed by atoms with Gasteiger partial charge in [0.2, 0.25) is 5.91 Å². The predicted molar refractivity (Wildman–Crippen MR) is 114 cm³/mol. The number of rotatable bonds is 7. The van der Waals surface area contributed by atoms with Gasteiger partial charge in [-0.15, -0.1) is 29.3 Å². The molecule has 0 aliphatic heterocycles. The number of anilines is 1. The van der Waals surface area contributed by atoms with E-state index in [-0.39, 0.29) is 12.3 Å². The Balaban J connectivity index is 1.52. The SMILES string of the molecule is C=CCN(C(=O)Cc1csc(-c2ccco2)n1)c1nc(-c2ccccc2)cs1. The van der Waals surface area contributed by atoms with E-state index in [2.05, 4.69) is 16.5 Å². The van der Waals surface area contributed by atoms with Crippen LogP contribution in [0.2, 0.25) is 0 Å². The Morgan fingerprint density at radius 2 is 1.96 bits per heavy atom. The number of hydrogen-bond acceptors (Lipinski definition) is 6. The quantitative estimate of drug-likeness (QED) is 0.391. The summed E-state index contributed by atoms with van der Waals surface area (Å²) in [4.78, 5) is 23.7. The molecule has 0 fully saturated rings. The highest BCUT2D eigenvalue weighted by molar-refractivity contribution is 7.14. The van der Waals surface area contributed by atoms with Crippen LogP contribution in [0.3, 0.4) is 0 Å². The van der Waals surface area contributed by atoms with Gasteiger partial charge in [-0.1, -0.05) is 36.4 Å². The summed E-state index contributed by atoms with van der Waals surface area (Å²) in [5.74, 6) is 0.643. The first-order valence-electron chi connectivity index (χ1n) is 8.65. The lowest BCUT2D eigenvalue weighted by molar-refractivity contribution is -0.117. The Morgan fingerprint density at radius 3 is 2.71 bits per heavy atom. The zero-order valence-corrected chi connectivity index (χ0v) is 16.6. The Bertz CT molecular complexity index is 1070. The number of hydrogen-bond donors (Lipinski definition) is 0. The topological polar surface area (TPSA) is 59.2 Å². The summed E-state index contributed by atoms with van der Waals surface area (Å²) >= 11 is 2.91. The Morgan fingerprint density at radius 1 is 1.11 bits per heavy atom. The third-order valence-electron chi connectivity index (χ3n) is 4.02. The highest BCUT2D eigenvalue weighted by atomic mass is 32.1. The first-order valence-corrected chi connectivity index (χ1v) is 10.4. The monoisotopic (exact) mass is 407 g/mol. The van der Waals surface area contributed by atoms with E-state index in [4.69, 9.17) is 4.42 Å². The van der Waals surface area contributed by atoms with Crippen molar-refractivity contribution < 1.29 is 9.21 Å². The second kappa shape index (κ2) is 8.33. The molecule has 3 heterocycles. The third kappa shape index (κ3) is 3.95. The number of amides is 1. The van der Waals surface area contributed by atoms with Crippen LogP contribution in [0.25, 0.3) is 22.0 Å². The Labute approximate surface area is 170 Å². The highest BCUT2D eigenvalue weighted by Gasteiger charge is 2.20. The van der Waals surface area contributed by atoms with E-state index in [1.807, 2.05) is 53.2 Å². The Kier molecular flexibility index (Phi) is 5.45. The van der Waals surface area contributed by atoms with Crippen LogP contribution < -0.4 is 4.90 Å². The van der Waals surface area contributed by atoms with E-state index in [0.29, 0.717) is 17.4 Å². The molecular weight excluding hydrogens is 390 g/mol. The molecule has 28 heavy (non-hydrogen) atoms. The van der Waals surface area contributed by atoms with E-state index in [0.717, 1.165) is 22.0 Å². The zero-order chi connectivity index (χ0) is 19.3. The van der Waals surface area contributed by atoms with E-state index in [1.165, 1.54) is 22.7 Å². The molecule has 1 amide bonds. The normalized spacial score (nSPS) is 10.7. The fourth-order valence-electron chi connectivity index (χ4n) is 2.70. The van der Waals surface area contributed by atoms with Gasteiger partial charge in [-0.05, 0) is 12.1 Å². The largest absolute Gasteiger partial charge is 0.462 e. The van der Waals surface area contributed by atoms with Crippen LogP contribution in [0.1, 0.15) is 5.69 Å². The van der Waals surface area contributed by atoms with Gasteiger partial charge in [0.1, 0.15) is 0 Å². The van der Waals surface area contributed by atoms with Crippen LogP contribution in [0.15, 0.2) is 76.6 Å². The van der Waals surface area contributed by atoms with Gasteiger partial charge in [0.25, 0.3) is 0 Å². The number of aromatic nitrogens is 2. The van der Waals surface area contributed by atoms with E-state index in [9.17, 15) is 4.79 Å². The van der Waals surface area contributed by atoms with E-state index in [1.54, 1.807) is 17.2 Å². The molecule has 0 spiro atoms.